The normalized spacial score (nSPS) is 17.3. The van der Waals surface area contributed by atoms with Crippen molar-refractivity contribution < 1.29 is 27.6 Å². The summed E-state index contributed by atoms with van der Waals surface area (Å²) in [6, 6.07) is 2.26. The van der Waals surface area contributed by atoms with Gasteiger partial charge in [0.25, 0.3) is 5.69 Å². The van der Waals surface area contributed by atoms with Crippen molar-refractivity contribution in [2.45, 2.75) is 19.0 Å². The van der Waals surface area contributed by atoms with Gasteiger partial charge in [-0.05, 0) is 30.9 Å². The van der Waals surface area contributed by atoms with Crippen LogP contribution in [0.3, 0.4) is 0 Å². The van der Waals surface area contributed by atoms with Gasteiger partial charge in [-0.2, -0.15) is 13.2 Å². The van der Waals surface area contributed by atoms with Gasteiger partial charge >= 0.3 is 12.2 Å². The molecule has 0 atom stereocenters. The Kier molecular flexibility index (Phi) is 6.46. The largest absolute Gasteiger partial charge is 0.416 e. The Morgan fingerprint density at radius 1 is 1.24 bits per heavy atom. The average molecular weight is 416 g/mol. The van der Waals surface area contributed by atoms with E-state index in [1.807, 2.05) is 0 Å². The standard InChI is InChI=1S/C18H23F3N4O4/c19-18(20,21)14-3-4-15(16(11-14)25(27)28)23-6-8-24(9-7-23)17(26)22-5-10-29-12-13-1-2-13/h3-4,11,13H,1-2,5-10,12H2,(H,22,26). The number of carbonyl (C=O) groups is 1. The van der Waals surface area contributed by atoms with Crippen LogP contribution in [0, 0.1) is 16.0 Å². The molecule has 1 aliphatic heterocycles. The molecule has 29 heavy (non-hydrogen) atoms. The van der Waals surface area contributed by atoms with E-state index >= 15 is 0 Å². The topological polar surface area (TPSA) is 88.0 Å². The Labute approximate surface area is 165 Å². The lowest BCUT2D eigenvalue weighted by molar-refractivity contribution is -0.384. The van der Waals surface area contributed by atoms with Gasteiger partial charge in [0.2, 0.25) is 0 Å². The minimum atomic E-state index is -4.65. The van der Waals surface area contributed by atoms with Gasteiger partial charge in [-0.3, -0.25) is 10.1 Å². The van der Waals surface area contributed by atoms with E-state index in [1.165, 1.54) is 12.8 Å². The van der Waals surface area contributed by atoms with Crippen LogP contribution in [0.2, 0.25) is 0 Å². The number of benzene rings is 1. The van der Waals surface area contributed by atoms with Gasteiger partial charge in [-0.15, -0.1) is 0 Å². The smallest absolute Gasteiger partial charge is 0.379 e. The molecule has 1 saturated heterocycles. The molecule has 1 aliphatic carbocycles. The Morgan fingerprint density at radius 2 is 1.93 bits per heavy atom. The fourth-order valence-electron chi connectivity index (χ4n) is 3.14. The minimum Gasteiger partial charge on any atom is -0.379 e. The number of rotatable bonds is 7. The third kappa shape index (κ3) is 5.72. The zero-order valence-electron chi connectivity index (χ0n) is 15.8. The van der Waals surface area contributed by atoms with Crippen molar-refractivity contribution in [3.05, 3.63) is 33.9 Å². The number of nitrogens with one attached hydrogen (secondary N) is 1. The molecule has 8 nitrogen and oxygen atoms in total. The predicted octanol–water partition coefficient (Wildman–Crippen LogP) is 2.87. The van der Waals surface area contributed by atoms with Crippen molar-refractivity contribution in [2.24, 2.45) is 5.92 Å². The molecule has 0 unspecified atom stereocenters. The Balaban J connectivity index is 1.51. The maximum atomic E-state index is 12.8. The van der Waals surface area contributed by atoms with E-state index in [2.05, 4.69) is 5.32 Å². The molecule has 0 aromatic heterocycles. The highest BCUT2D eigenvalue weighted by Crippen LogP contribution is 2.36. The van der Waals surface area contributed by atoms with Crippen LogP contribution >= 0.6 is 0 Å². The average Bonchev–Trinajstić information content (AvgIpc) is 3.51. The van der Waals surface area contributed by atoms with Gasteiger partial charge in [0, 0.05) is 45.4 Å². The van der Waals surface area contributed by atoms with Gasteiger partial charge in [0.1, 0.15) is 5.69 Å². The highest BCUT2D eigenvalue weighted by molar-refractivity contribution is 5.75. The lowest BCUT2D eigenvalue weighted by Crippen LogP contribution is -2.52. The molecule has 160 valence electrons. The fraction of sp³-hybridized carbons (Fsp3) is 0.611. The van der Waals surface area contributed by atoms with E-state index in [-0.39, 0.29) is 24.8 Å². The molecule has 2 fully saturated rings. The fourth-order valence-corrected chi connectivity index (χ4v) is 3.14. The Hall–Kier alpha value is -2.56. The van der Waals surface area contributed by atoms with Crippen molar-refractivity contribution in [1.82, 2.24) is 10.2 Å². The highest BCUT2D eigenvalue weighted by Gasteiger charge is 2.34. The number of anilines is 1. The molecule has 1 aromatic rings. The number of nitrogens with zero attached hydrogens (tertiary/aromatic N) is 3. The number of halogens is 3. The summed E-state index contributed by atoms with van der Waals surface area (Å²) in [7, 11) is 0. The monoisotopic (exact) mass is 416 g/mol. The van der Waals surface area contributed by atoms with Crippen molar-refractivity contribution in [3.8, 4) is 0 Å². The van der Waals surface area contributed by atoms with E-state index < -0.39 is 22.4 Å². The zero-order valence-corrected chi connectivity index (χ0v) is 15.8. The van der Waals surface area contributed by atoms with Crippen LogP contribution in [0.15, 0.2) is 18.2 Å². The molecule has 0 spiro atoms. The van der Waals surface area contributed by atoms with Gasteiger partial charge in [-0.25, -0.2) is 4.79 Å². The predicted molar refractivity (Wildman–Crippen MR) is 98.8 cm³/mol. The number of hydrogen-bond donors (Lipinski definition) is 1. The second-order valence-corrected chi connectivity index (χ2v) is 7.18. The second-order valence-electron chi connectivity index (χ2n) is 7.18. The summed E-state index contributed by atoms with van der Waals surface area (Å²) < 4.78 is 44.0. The molecule has 1 N–H and O–H groups in total. The minimum absolute atomic E-state index is 0.122. The molecular weight excluding hydrogens is 393 g/mol. The van der Waals surface area contributed by atoms with E-state index in [0.29, 0.717) is 38.2 Å². The van der Waals surface area contributed by atoms with Crippen LogP contribution < -0.4 is 10.2 Å². The number of amides is 2. The summed E-state index contributed by atoms with van der Waals surface area (Å²) in [5, 5.41) is 14.0. The summed E-state index contributed by atoms with van der Waals surface area (Å²) in [5.74, 6) is 0.660. The number of carbonyl (C=O) groups excluding carboxylic acids is 1. The number of nitro groups is 1. The number of piperazine rings is 1. The number of ether oxygens (including phenoxy) is 1. The molecule has 1 heterocycles. The molecule has 1 aromatic carbocycles. The third-order valence-electron chi connectivity index (χ3n) is 4.98. The first-order chi connectivity index (χ1) is 13.8. The quantitative estimate of drug-likeness (QED) is 0.420. The summed E-state index contributed by atoms with van der Waals surface area (Å²) >= 11 is 0. The second kappa shape index (κ2) is 8.85. The van der Waals surface area contributed by atoms with Gasteiger partial charge < -0.3 is 19.9 Å². The lowest BCUT2D eigenvalue weighted by Gasteiger charge is -2.35. The first kappa shape index (κ1) is 21.2. The summed E-state index contributed by atoms with van der Waals surface area (Å²) in [4.78, 5) is 25.8. The molecule has 3 rings (SSSR count). The van der Waals surface area contributed by atoms with Crippen molar-refractivity contribution in [1.29, 1.82) is 0 Å². The maximum Gasteiger partial charge on any atom is 0.416 e. The summed E-state index contributed by atoms with van der Waals surface area (Å²) in [5.41, 5.74) is -1.53. The molecular formula is C18H23F3N4O4. The van der Waals surface area contributed by atoms with Crippen LogP contribution in [0.5, 0.6) is 0 Å². The van der Waals surface area contributed by atoms with Gasteiger partial charge in [0.15, 0.2) is 0 Å². The van der Waals surface area contributed by atoms with E-state index in [0.717, 1.165) is 18.7 Å². The van der Waals surface area contributed by atoms with Crippen molar-refractivity contribution in [3.63, 3.8) is 0 Å². The van der Waals surface area contributed by atoms with Gasteiger partial charge in [-0.1, -0.05) is 0 Å². The summed E-state index contributed by atoms with van der Waals surface area (Å²) in [6.45, 7) is 2.77. The van der Waals surface area contributed by atoms with Crippen molar-refractivity contribution in [2.75, 3.05) is 50.8 Å². The first-order valence-electron chi connectivity index (χ1n) is 9.47. The van der Waals surface area contributed by atoms with E-state index in [9.17, 15) is 28.1 Å². The number of hydrogen-bond acceptors (Lipinski definition) is 5. The lowest BCUT2D eigenvalue weighted by atomic mass is 10.1. The van der Waals surface area contributed by atoms with Crippen molar-refractivity contribution >= 4 is 17.4 Å². The third-order valence-corrected chi connectivity index (χ3v) is 4.98. The van der Waals surface area contributed by atoms with Crippen LogP contribution in [-0.2, 0) is 10.9 Å². The van der Waals surface area contributed by atoms with Crippen LogP contribution in [0.1, 0.15) is 18.4 Å². The Bertz CT molecular complexity index is 747. The zero-order chi connectivity index (χ0) is 21.0. The molecule has 11 heteroatoms. The SMILES string of the molecule is O=C(NCCOCC1CC1)N1CCN(c2ccc(C(F)(F)F)cc2[N+](=O)[O-])CC1. The maximum absolute atomic E-state index is 12.8. The van der Waals surface area contributed by atoms with E-state index in [4.69, 9.17) is 4.74 Å². The first-order valence-corrected chi connectivity index (χ1v) is 9.47. The molecule has 0 bridgehead atoms. The number of nitro benzene ring substituents is 1. The highest BCUT2D eigenvalue weighted by atomic mass is 19.4. The van der Waals surface area contributed by atoms with Gasteiger partial charge in [0.05, 0.1) is 17.1 Å². The summed E-state index contributed by atoms with van der Waals surface area (Å²) in [6.07, 6.45) is -2.25. The molecule has 0 radical (unpaired) electrons. The Morgan fingerprint density at radius 3 is 2.52 bits per heavy atom. The van der Waals surface area contributed by atoms with Crippen LogP contribution in [-0.4, -0.2) is 61.8 Å². The molecule has 1 saturated carbocycles. The molecule has 2 aliphatic rings. The molecule has 2 amide bonds. The van der Waals surface area contributed by atoms with E-state index in [1.54, 1.807) is 9.80 Å². The number of alkyl halides is 3. The van der Waals surface area contributed by atoms with Crippen LogP contribution in [0.25, 0.3) is 0 Å². The number of urea groups is 1. The van der Waals surface area contributed by atoms with Crippen LogP contribution in [0.4, 0.5) is 29.3 Å².